The topological polar surface area (TPSA) is 44.8 Å². The maximum absolute atomic E-state index is 12.6. The van der Waals surface area contributed by atoms with Crippen molar-refractivity contribution >= 4 is 11.6 Å². The molecule has 2 aliphatic rings. The second-order valence-corrected chi connectivity index (χ2v) is 7.37. The average Bonchev–Trinajstić information content (AvgIpc) is 2.64. The largest absolute Gasteiger partial charge is 0.379 e. The molecular weight excluding hydrogens is 314 g/mol. The second kappa shape index (κ2) is 8.79. The zero-order chi connectivity index (χ0) is 17.6. The minimum absolute atomic E-state index is 0.0797. The summed E-state index contributed by atoms with van der Waals surface area (Å²) in [6, 6.07) is 7.87. The number of para-hydroxylation sites is 1. The molecule has 1 aromatic rings. The van der Waals surface area contributed by atoms with Gasteiger partial charge in [0.1, 0.15) is 0 Å². The van der Waals surface area contributed by atoms with Crippen LogP contribution >= 0.6 is 0 Å². The number of likely N-dealkylation sites (tertiary alicyclic amines) is 1. The molecule has 2 saturated heterocycles. The van der Waals surface area contributed by atoms with Crippen molar-refractivity contribution in [2.45, 2.75) is 32.7 Å². The van der Waals surface area contributed by atoms with Gasteiger partial charge in [0.25, 0.3) is 0 Å². The van der Waals surface area contributed by atoms with Gasteiger partial charge in [-0.05, 0) is 57.3 Å². The number of carbonyl (C=O) groups excluding carboxylic acids is 1. The van der Waals surface area contributed by atoms with E-state index < -0.39 is 0 Å². The first-order valence-electron chi connectivity index (χ1n) is 9.54. The molecule has 2 fully saturated rings. The lowest BCUT2D eigenvalue weighted by atomic mass is 9.95. The first-order valence-corrected chi connectivity index (χ1v) is 9.54. The van der Waals surface area contributed by atoms with E-state index in [1.165, 1.54) is 19.4 Å². The molecular formula is C20H31N3O2. The summed E-state index contributed by atoms with van der Waals surface area (Å²) in [7, 11) is 0. The molecule has 2 heterocycles. The van der Waals surface area contributed by atoms with Crippen LogP contribution in [0.3, 0.4) is 0 Å². The highest BCUT2D eigenvalue weighted by Gasteiger charge is 2.28. The molecule has 25 heavy (non-hydrogen) atoms. The van der Waals surface area contributed by atoms with Gasteiger partial charge in [-0.15, -0.1) is 0 Å². The molecule has 5 nitrogen and oxygen atoms in total. The van der Waals surface area contributed by atoms with E-state index in [-0.39, 0.29) is 11.9 Å². The smallest absolute Gasteiger partial charge is 0.241 e. The first kappa shape index (κ1) is 18.4. The number of hydrogen-bond acceptors (Lipinski definition) is 4. The highest BCUT2D eigenvalue weighted by molar-refractivity contribution is 5.95. The summed E-state index contributed by atoms with van der Waals surface area (Å²) in [5.41, 5.74) is 2.02. The minimum atomic E-state index is -0.0797. The molecule has 1 aromatic carbocycles. The fourth-order valence-electron chi connectivity index (χ4n) is 3.79. The van der Waals surface area contributed by atoms with E-state index >= 15 is 0 Å². The first-order chi connectivity index (χ1) is 12.1. The Balaban J connectivity index is 1.45. The van der Waals surface area contributed by atoms with Crippen LogP contribution in [0.15, 0.2) is 24.3 Å². The number of aryl methyl sites for hydroxylation is 1. The molecule has 0 spiro atoms. The molecule has 1 unspecified atom stereocenters. The van der Waals surface area contributed by atoms with Crippen molar-refractivity contribution in [3.8, 4) is 0 Å². The Morgan fingerprint density at radius 1 is 1.20 bits per heavy atom. The lowest BCUT2D eigenvalue weighted by Gasteiger charge is -2.38. The van der Waals surface area contributed by atoms with Gasteiger partial charge in [-0.3, -0.25) is 14.6 Å². The van der Waals surface area contributed by atoms with Crippen molar-refractivity contribution in [2.75, 3.05) is 51.3 Å². The van der Waals surface area contributed by atoms with Gasteiger partial charge < -0.3 is 10.1 Å². The van der Waals surface area contributed by atoms with Crippen molar-refractivity contribution in [2.24, 2.45) is 5.92 Å². The van der Waals surface area contributed by atoms with Gasteiger partial charge in [0.15, 0.2) is 0 Å². The molecule has 2 aliphatic heterocycles. The van der Waals surface area contributed by atoms with Gasteiger partial charge in [-0.2, -0.15) is 0 Å². The summed E-state index contributed by atoms with van der Waals surface area (Å²) in [6.07, 6.45) is 2.36. The van der Waals surface area contributed by atoms with Crippen molar-refractivity contribution in [1.29, 1.82) is 0 Å². The van der Waals surface area contributed by atoms with Crippen LogP contribution in [-0.4, -0.2) is 67.7 Å². The summed E-state index contributed by atoms with van der Waals surface area (Å²) in [6.45, 7) is 11.1. The highest BCUT2D eigenvalue weighted by atomic mass is 16.5. The van der Waals surface area contributed by atoms with E-state index in [1.54, 1.807) is 0 Å². The predicted molar refractivity (Wildman–Crippen MR) is 101 cm³/mol. The molecule has 0 aliphatic carbocycles. The summed E-state index contributed by atoms with van der Waals surface area (Å²) in [5.74, 6) is 0.849. The number of nitrogens with one attached hydrogen (secondary N) is 1. The number of ether oxygens (including phenoxy) is 1. The molecule has 1 atom stereocenters. The lowest BCUT2D eigenvalue weighted by molar-refractivity contribution is -0.121. The molecule has 0 bridgehead atoms. The number of rotatable bonds is 5. The molecule has 138 valence electrons. The molecule has 0 aromatic heterocycles. The standard InChI is InChI=1S/C20H31N3O2/c1-16-5-3-4-6-19(16)21-20(24)17(2)23-9-7-18(8-10-23)15-22-11-13-25-14-12-22/h3-6,17-18H,7-15H2,1-2H3,(H,21,24). The van der Waals surface area contributed by atoms with Crippen LogP contribution in [0.1, 0.15) is 25.3 Å². The predicted octanol–water partition coefficient (Wildman–Crippen LogP) is 2.37. The number of anilines is 1. The van der Waals surface area contributed by atoms with Gasteiger partial charge in [0, 0.05) is 25.3 Å². The van der Waals surface area contributed by atoms with Gasteiger partial charge in [0.2, 0.25) is 5.91 Å². The summed E-state index contributed by atoms with van der Waals surface area (Å²) < 4.78 is 5.43. The maximum atomic E-state index is 12.6. The number of amides is 1. The van der Waals surface area contributed by atoms with E-state index in [1.807, 2.05) is 38.1 Å². The van der Waals surface area contributed by atoms with Crippen LogP contribution < -0.4 is 5.32 Å². The van der Waals surface area contributed by atoms with Crippen molar-refractivity contribution in [3.05, 3.63) is 29.8 Å². The normalized spacial score (nSPS) is 21.8. The van der Waals surface area contributed by atoms with Crippen LogP contribution in [0.25, 0.3) is 0 Å². The minimum Gasteiger partial charge on any atom is -0.379 e. The quantitative estimate of drug-likeness (QED) is 0.890. The van der Waals surface area contributed by atoms with Crippen LogP contribution in [0.2, 0.25) is 0 Å². The molecule has 3 rings (SSSR count). The lowest BCUT2D eigenvalue weighted by Crippen LogP contribution is -2.48. The zero-order valence-electron chi connectivity index (χ0n) is 15.5. The number of morpholine rings is 1. The Kier molecular flexibility index (Phi) is 6.45. The van der Waals surface area contributed by atoms with Crippen LogP contribution in [0.5, 0.6) is 0 Å². The SMILES string of the molecule is Cc1ccccc1NC(=O)C(C)N1CCC(CN2CCOCC2)CC1. The van der Waals surface area contributed by atoms with Gasteiger partial charge >= 0.3 is 0 Å². The Morgan fingerprint density at radius 3 is 2.56 bits per heavy atom. The fraction of sp³-hybridized carbons (Fsp3) is 0.650. The number of hydrogen-bond donors (Lipinski definition) is 1. The molecule has 5 heteroatoms. The van der Waals surface area contributed by atoms with Crippen LogP contribution in [-0.2, 0) is 9.53 Å². The number of carbonyl (C=O) groups is 1. The van der Waals surface area contributed by atoms with Gasteiger partial charge in [0.05, 0.1) is 19.3 Å². The Morgan fingerprint density at radius 2 is 1.88 bits per heavy atom. The molecule has 1 N–H and O–H groups in total. The third kappa shape index (κ3) is 5.03. The maximum Gasteiger partial charge on any atom is 0.241 e. The summed E-state index contributed by atoms with van der Waals surface area (Å²) in [5, 5.41) is 3.08. The summed E-state index contributed by atoms with van der Waals surface area (Å²) >= 11 is 0. The van der Waals surface area contributed by atoms with E-state index in [0.717, 1.165) is 56.6 Å². The average molecular weight is 345 g/mol. The van der Waals surface area contributed by atoms with Gasteiger partial charge in [-0.1, -0.05) is 18.2 Å². The number of benzene rings is 1. The summed E-state index contributed by atoms with van der Waals surface area (Å²) in [4.78, 5) is 17.4. The molecule has 0 saturated carbocycles. The zero-order valence-corrected chi connectivity index (χ0v) is 15.5. The number of nitrogens with zero attached hydrogens (tertiary/aromatic N) is 2. The van der Waals surface area contributed by atoms with E-state index in [2.05, 4.69) is 15.1 Å². The Bertz CT molecular complexity index is 564. The monoisotopic (exact) mass is 345 g/mol. The van der Waals surface area contributed by atoms with Crippen molar-refractivity contribution in [1.82, 2.24) is 9.80 Å². The van der Waals surface area contributed by atoms with Gasteiger partial charge in [-0.25, -0.2) is 0 Å². The van der Waals surface area contributed by atoms with Crippen molar-refractivity contribution in [3.63, 3.8) is 0 Å². The molecule has 0 radical (unpaired) electrons. The second-order valence-electron chi connectivity index (χ2n) is 7.37. The van der Waals surface area contributed by atoms with Crippen molar-refractivity contribution < 1.29 is 9.53 Å². The number of piperidine rings is 1. The third-order valence-electron chi connectivity index (χ3n) is 5.60. The Labute approximate surface area is 151 Å². The van der Waals surface area contributed by atoms with E-state index in [9.17, 15) is 4.79 Å². The Hall–Kier alpha value is -1.43. The van der Waals surface area contributed by atoms with Crippen LogP contribution in [0, 0.1) is 12.8 Å². The van der Waals surface area contributed by atoms with E-state index in [0.29, 0.717) is 0 Å². The fourth-order valence-corrected chi connectivity index (χ4v) is 3.79. The molecule has 1 amide bonds. The van der Waals surface area contributed by atoms with E-state index in [4.69, 9.17) is 4.74 Å². The third-order valence-corrected chi connectivity index (χ3v) is 5.60. The van der Waals surface area contributed by atoms with Crippen LogP contribution in [0.4, 0.5) is 5.69 Å². The highest BCUT2D eigenvalue weighted by Crippen LogP contribution is 2.21.